The summed E-state index contributed by atoms with van der Waals surface area (Å²) in [6.45, 7) is 0. The molecule has 1 rings (SSSR count). The van der Waals surface area contributed by atoms with E-state index in [0.717, 1.165) is 5.56 Å². The van der Waals surface area contributed by atoms with Crippen molar-refractivity contribution in [1.82, 2.24) is 0 Å². The van der Waals surface area contributed by atoms with Gasteiger partial charge in [0.1, 0.15) is 5.75 Å². The van der Waals surface area contributed by atoms with Gasteiger partial charge < -0.3 is 15.3 Å². The molecule has 0 aliphatic heterocycles. The molecule has 0 heterocycles. The number of nitrogens with one attached hydrogen (secondary N) is 1. The van der Waals surface area contributed by atoms with Gasteiger partial charge >= 0.3 is 5.97 Å². The van der Waals surface area contributed by atoms with Crippen molar-refractivity contribution in [2.45, 2.75) is 12.8 Å². The molecule has 0 amide bonds. The maximum atomic E-state index is 11.1. The van der Waals surface area contributed by atoms with Gasteiger partial charge in [0.15, 0.2) is 0 Å². The molecule has 4 nitrogen and oxygen atoms in total. The van der Waals surface area contributed by atoms with Crippen LogP contribution in [-0.4, -0.2) is 24.4 Å². The van der Waals surface area contributed by atoms with Crippen molar-refractivity contribution >= 4 is 12.2 Å². The lowest BCUT2D eigenvalue weighted by molar-refractivity contribution is 0.0600. The van der Waals surface area contributed by atoms with Gasteiger partial charge in [0.2, 0.25) is 0 Å². The Hall–Kier alpha value is -1.84. The minimum Gasteiger partial charge on any atom is -0.508 e. The molecule has 0 atom stereocenters. The van der Waals surface area contributed by atoms with Crippen LogP contribution in [0, 0.1) is 5.41 Å². The van der Waals surface area contributed by atoms with Crippen LogP contribution >= 0.6 is 0 Å². The maximum Gasteiger partial charge on any atom is 0.337 e. The predicted octanol–water partition coefficient (Wildman–Crippen LogP) is 1.76. The Morgan fingerprint density at radius 3 is 2.87 bits per heavy atom. The number of aryl methyl sites for hydroxylation is 1. The van der Waals surface area contributed by atoms with Gasteiger partial charge in [0.25, 0.3) is 0 Å². The highest BCUT2D eigenvalue weighted by molar-refractivity contribution is 5.89. The second kappa shape index (κ2) is 5.14. The molecular formula is C11H13NO3. The molecule has 0 aromatic heterocycles. The molecule has 0 saturated carbocycles. The Bertz CT molecular complexity index is 374. The minimum absolute atomic E-state index is 0.0692. The fourth-order valence-electron chi connectivity index (χ4n) is 1.25. The van der Waals surface area contributed by atoms with Crippen LogP contribution in [0.2, 0.25) is 0 Å². The first kappa shape index (κ1) is 11.2. The molecule has 80 valence electrons. The number of benzene rings is 1. The average Bonchev–Trinajstić information content (AvgIpc) is 2.26. The van der Waals surface area contributed by atoms with Crippen LogP contribution in [0.3, 0.4) is 0 Å². The third-order valence-electron chi connectivity index (χ3n) is 2.06. The fraction of sp³-hybridized carbons (Fsp3) is 0.273. The number of hydrogen-bond acceptors (Lipinski definition) is 4. The molecule has 0 radical (unpaired) electrons. The standard InChI is InChI=1S/C11H13NO3/c1-15-11(14)9-5-4-8(3-2-6-12)10(13)7-9/h4-7,12-13H,2-3H2,1H3. The molecule has 0 fully saturated rings. The van der Waals surface area contributed by atoms with Crippen LogP contribution in [0.15, 0.2) is 18.2 Å². The molecule has 0 bridgehead atoms. The number of carbonyl (C=O) groups is 1. The van der Waals surface area contributed by atoms with E-state index in [2.05, 4.69) is 4.74 Å². The summed E-state index contributed by atoms with van der Waals surface area (Å²) in [5, 5.41) is 16.5. The summed E-state index contributed by atoms with van der Waals surface area (Å²) in [5.41, 5.74) is 1.06. The summed E-state index contributed by atoms with van der Waals surface area (Å²) in [6, 6.07) is 4.65. The zero-order valence-corrected chi connectivity index (χ0v) is 8.49. The van der Waals surface area contributed by atoms with Gasteiger partial charge in [-0.3, -0.25) is 0 Å². The highest BCUT2D eigenvalue weighted by atomic mass is 16.5. The molecule has 0 aliphatic carbocycles. The lowest BCUT2D eigenvalue weighted by Gasteiger charge is -2.04. The molecule has 15 heavy (non-hydrogen) atoms. The molecule has 1 aromatic carbocycles. The molecule has 0 aliphatic rings. The average molecular weight is 207 g/mol. The molecule has 2 N–H and O–H groups in total. The zero-order valence-electron chi connectivity index (χ0n) is 8.49. The van der Waals surface area contributed by atoms with Crippen LogP contribution < -0.4 is 0 Å². The number of hydrogen-bond donors (Lipinski definition) is 2. The highest BCUT2D eigenvalue weighted by Crippen LogP contribution is 2.20. The van der Waals surface area contributed by atoms with E-state index in [-0.39, 0.29) is 5.75 Å². The van der Waals surface area contributed by atoms with Crippen molar-refractivity contribution in [1.29, 1.82) is 5.41 Å². The van der Waals surface area contributed by atoms with E-state index < -0.39 is 5.97 Å². The SMILES string of the molecule is COC(=O)c1ccc(CCC=N)c(O)c1. The molecule has 4 heteroatoms. The Balaban J connectivity index is 2.87. The van der Waals surface area contributed by atoms with E-state index in [1.165, 1.54) is 19.4 Å². The fourth-order valence-corrected chi connectivity index (χ4v) is 1.25. The van der Waals surface area contributed by atoms with Crippen molar-refractivity contribution < 1.29 is 14.6 Å². The molecular weight excluding hydrogens is 194 g/mol. The predicted molar refractivity (Wildman–Crippen MR) is 56.6 cm³/mol. The second-order valence-electron chi connectivity index (χ2n) is 3.08. The quantitative estimate of drug-likeness (QED) is 0.583. The van der Waals surface area contributed by atoms with Crippen molar-refractivity contribution in [3.63, 3.8) is 0 Å². The van der Waals surface area contributed by atoms with Crippen LogP contribution in [0.4, 0.5) is 0 Å². The van der Waals surface area contributed by atoms with Gasteiger partial charge in [-0.1, -0.05) is 6.07 Å². The van der Waals surface area contributed by atoms with Crippen LogP contribution in [0.1, 0.15) is 22.3 Å². The summed E-state index contributed by atoms with van der Waals surface area (Å²) in [4.78, 5) is 11.1. The van der Waals surface area contributed by atoms with Crippen molar-refractivity contribution in [2.24, 2.45) is 0 Å². The van der Waals surface area contributed by atoms with Crippen LogP contribution in [0.25, 0.3) is 0 Å². The number of phenolic OH excluding ortho intramolecular Hbond substituents is 1. The highest BCUT2D eigenvalue weighted by Gasteiger charge is 2.08. The summed E-state index contributed by atoms with van der Waals surface area (Å²) >= 11 is 0. The molecule has 1 aromatic rings. The van der Waals surface area contributed by atoms with Crippen LogP contribution in [0.5, 0.6) is 5.75 Å². The van der Waals surface area contributed by atoms with Gasteiger partial charge in [-0.25, -0.2) is 4.79 Å². The van der Waals surface area contributed by atoms with Gasteiger partial charge in [-0.15, -0.1) is 0 Å². The Labute approximate surface area is 88.0 Å². The summed E-state index contributed by atoms with van der Waals surface area (Å²) in [6.07, 6.45) is 2.45. The first-order valence-corrected chi connectivity index (χ1v) is 4.58. The Kier molecular flexibility index (Phi) is 3.85. The topological polar surface area (TPSA) is 70.4 Å². The molecule has 0 saturated heterocycles. The summed E-state index contributed by atoms with van der Waals surface area (Å²) in [7, 11) is 1.29. The van der Waals surface area contributed by atoms with Gasteiger partial charge in [-0.05, 0) is 36.8 Å². The van der Waals surface area contributed by atoms with Gasteiger partial charge in [-0.2, -0.15) is 0 Å². The number of methoxy groups -OCH3 is 1. The number of ether oxygens (including phenoxy) is 1. The summed E-state index contributed by atoms with van der Waals surface area (Å²) < 4.78 is 4.53. The number of rotatable bonds is 4. The largest absolute Gasteiger partial charge is 0.508 e. The monoisotopic (exact) mass is 207 g/mol. The van der Waals surface area contributed by atoms with Gasteiger partial charge in [0, 0.05) is 0 Å². The lowest BCUT2D eigenvalue weighted by atomic mass is 10.1. The Morgan fingerprint density at radius 1 is 1.60 bits per heavy atom. The van der Waals surface area contributed by atoms with Crippen LogP contribution in [-0.2, 0) is 11.2 Å². The summed E-state index contributed by atoms with van der Waals surface area (Å²) in [5.74, 6) is -0.399. The molecule has 0 unspecified atom stereocenters. The van der Waals surface area contributed by atoms with E-state index in [0.29, 0.717) is 18.4 Å². The van der Waals surface area contributed by atoms with Gasteiger partial charge in [0.05, 0.1) is 12.7 Å². The van der Waals surface area contributed by atoms with Crippen molar-refractivity contribution in [3.05, 3.63) is 29.3 Å². The minimum atomic E-state index is -0.469. The number of aromatic hydroxyl groups is 1. The smallest absolute Gasteiger partial charge is 0.337 e. The third-order valence-corrected chi connectivity index (χ3v) is 2.06. The Morgan fingerprint density at radius 2 is 2.33 bits per heavy atom. The first-order chi connectivity index (χ1) is 7.19. The first-order valence-electron chi connectivity index (χ1n) is 4.58. The van der Waals surface area contributed by atoms with E-state index in [1.54, 1.807) is 12.1 Å². The van der Waals surface area contributed by atoms with E-state index >= 15 is 0 Å². The zero-order chi connectivity index (χ0) is 11.3. The van der Waals surface area contributed by atoms with E-state index in [1.807, 2.05) is 0 Å². The maximum absolute atomic E-state index is 11.1. The second-order valence-corrected chi connectivity index (χ2v) is 3.08. The van der Waals surface area contributed by atoms with E-state index in [4.69, 9.17) is 5.41 Å². The van der Waals surface area contributed by atoms with E-state index in [9.17, 15) is 9.90 Å². The van der Waals surface area contributed by atoms with Crippen molar-refractivity contribution in [2.75, 3.05) is 7.11 Å². The lowest BCUT2D eigenvalue weighted by Crippen LogP contribution is -2.01. The number of phenols is 1. The number of esters is 1. The normalized spacial score (nSPS) is 9.67. The van der Waals surface area contributed by atoms with Crippen molar-refractivity contribution in [3.8, 4) is 5.75 Å². The number of carbonyl (C=O) groups excluding carboxylic acids is 1. The molecule has 0 spiro atoms. The third kappa shape index (κ3) is 2.80.